The van der Waals surface area contributed by atoms with Crippen LogP contribution in [0.3, 0.4) is 0 Å². The van der Waals surface area contributed by atoms with Crippen LogP contribution in [0.5, 0.6) is 0 Å². The van der Waals surface area contributed by atoms with Crippen molar-refractivity contribution in [3.63, 3.8) is 0 Å². The quantitative estimate of drug-likeness (QED) is 0.865. The molecule has 0 radical (unpaired) electrons. The van der Waals surface area contributed by atoms with E-state index in [2.05, 4.69) is 4.98 Å². The van der Waals surface area contributed by atoms with Gasteiger partial charge < -0.3 is 5.73 Å². The predicted octanol–water partition coefficient (Wildman–Crippen LogP) is 1.97. The van der Waals surface area contributed by atoms with Crippen LogP contribution in [0.1, 0.15) is 18.0 Å². The van der Waals surface area contributed by atoms with Gasteiger partial charge in [0.05, 0.1) is 6.42 Å². The van der Waals surface area contributed by atoms with Crippen molar-refractivity contribution in [2.45, 2.75) is 18.6 Å². The van der Waals surface area contributed by atoms with Crippen molar-refractivity contribution in [2.24, 2.45) is 5.73 Å². The van der Waals surface area contributed by atoms with Crippen LogP contribution in [0.15, 0.2) is 24.5 Å². The van der Waals surface area contributed by atoms with Gasteiger partial charge in [-0.2, -0.15) is 13.2 Å². The van der Waals surface area contributed by atoms with Crippen molar-refractivity contribution in [3.05, 3.63) is 30.1 Å². The molecule has 3 nitrogen and oxygen atoms in total. The number of alkyl halides is 3. The fraction of sp³-hybridized carbons (Fsp3) is 0.545. The number of pyridine rings is 1. The summed E-state index contributed by atoms with van der Waals surface area (Å²) in [7, 11) is 1.64. The van der Waals surface area contributed by atoms with Gasteiger partial charge in [-0.1, -0.05) is 0 Å². The molecule has 17 heavy (non-hydrogen) atoms. The molecular weight excluding hydrogens is 231 g/mol. The molecule has 0 aliphatic heterocycles. The van der Waals surface area contributed by atoms with Gasteiger partial charge in [-0.15, -0.1) is 0 Å². The van der Waals surface area contributed by atoms with Crippen molar-refractivity contribution in [1.29, 1.82) is 0 Å². The van der Waals surface area contributed by atoms with E-state index < -0.39 is 12.6 Å². The second-order valence-electron chi connectivity index (χ2n) is 3.88. The van der Waals surface area contributed by atoms with Gasteiger partial charge in [-0.25, -0.2) is 0 Å². The summed E-state index contributed by atoms with van der Waals surface area (Å²) >= 11 is 0. The molecule has 1 atom stereocenters. The third-order valence-corrected chi connectivity index (χ3v) is 2.59. The minimum Gasteiger partial charge on any atom is -0.329 e. The first-order valence-corrected chi connectivity index (χ1v) is 5.31. The van der Waals surface area contributed by atoms with E-state index in [0.717, 1.165) is 5.56 Å². The Balaban J connectivity index is 2.62. The largest absolute Gasteiger partial charge is 0.390 e. The maximum atomic E-state index is 12.1. The molecule has 1 aromatic heterocycles. The lowest BCUT2D eigenvalue weighted by Crippen LogP contribution is -2.33. The van der Waals surface area contributed by atoms with Crippen LogP contribution in [0, 0.1) is 0 Å². The molecule has 0 saturated carbocycles. The zero-order chi connectivity index (χ0) is 12.9. The first kappa shape index (κ1) is 13.9. The molecule has 1 aromatic rings. The van der Waals surface area contributed by atoms with Crippen molar-refractivity contribution in [2.75, 3.05) is 20.1 Å². The van der Waals surface area contributed by atoms with Crippen molar-refractivity contribution in [3.8, 4) is 0 Å². The monoisotopic (exact) mass is 247 g/mol. The Labute approximate surface area is 98.4 Å². The molecular formula is C11H16F3N3. The number of nitrogens with two attached hydrogens (primary N) is 1. The Morgan fingerprint density at radius 3 is 2.41 bits per heavy atom. The normalized spacial score (nSPS) is 14.0. The highest BCUT2D eigenvalue weighted by molar-refractivity contribution is 5.15. The molecule has 6 heteroatoms. The number of hydrogen-bond acceptors (Lipinski definition) is 3. The lowest BCUT2D eigenvalue weighted by molar-refractivity contribution is -0.138. The molecule has 0 aromatic carbocycles. The Morgan fingerprint density at radius 1 is 1.35 bits per heavy atom. The zero-order valence-corrected chi connectivity index (χ0v) is 9.61. The molecule has 1 rings (SSSR count). The average Bonchev–Trinajstić information content (AvgIpc) is 2.28. The smallest absolute Gasteiger partial charge is 0.329 e. The lowest BCUT2D eigenvalue weighted by Gasteiger charge is -2.27. The number of hydrogen-bond donors (Lipinski definition) is 1. The minimum absolute atomic E-state index is 0.0618. The Hall–Kier alpha value is -1.14. The Kier molecular flexibility index (Phi) is 4.89. The summed E-state index contributed by atoms with van der Waals surface area (Å²) < 4.78 is 36.4. The fourth-order valence-corrected chi connectivity index (χ4v) is 1.62. The molecule has 0 bridgehead atoms. The fourth-order valence-electron chi connectivity index (χ4n) is 1.62. The van der Waals surface area contributed by atoms with E-state index in [1.165, 1.54) is 0 Å². The summed E-state index contributed by atoms with van der Waals surface area (Å²) in [4.78, 5) is 5.48. The van der Waals surface area contributed by atoms with E-state index in [-0.39, 0.29) is 19.1 Å². The van der Waals surface area contributed by atoms with E-state index in [4.69, 9.17) is 5.73 Å². The van der Waals surface area contributed by atoms with E-state index >= 15 is 0 Å². The second kappa shape index (κ2) is 5.97. The van der Waals surface area contributed by atoms with Crippen LogP contribution in [-0.4, -0.2) is 36.2 Å². The van der Waals surface area contributed by atoms with Crippen molar-refractivity contribution < 1.29 is 13.2 Å². The predicted molar refractivity (Wildman–Crippen MR) is 59.3 cm³/mol. The highest BCUT2D eigenvalue weighted by Gasteiger charge is 2.28. The molecule has 1 unspecified atom stereocenters. The molecule has 2 N–H and O–H groups in total. The molecule has 0 aliphatic carbocycles. The van der Waals surface area contributed by atoms with Crippen molar-refractivity contribution >= 4 is 0 Å². The number of nitrogens with zero attached hydrogens (tertiary/aromatic N) is 2. The van der Waals surface area contributed by atoms with Crippen LogP contribution in [-0.2, 0) is 0 Å². The Morgan fingerprint density at radius 2 is 1.94 bits per heavy atom. The van der Waals surface area contributed by atoms with Crippen LogP contribution >= 0.6 is 0 Å². The summed E-state index contributed by atoms with van der Waals surface area (Å²) in [5, 5.41) is 0. The van der Waals surface area contributed by atoms with E-state index in [1.807, 2.05) is 0 Å². The van der Waals surface area contributed by atoms with Crippen LogP contribution in [0.4, 0.5) is 13.2 Å². The minimum atomic E-state index is -4.13. The Bertz CT molecular complexity index is 326. The SMILES string of the molecule is CN(CCC(F)(F)F)C(CN)c1ccncc1. The third kappa shape index (κ3) is 4.70. The highest BCUT2D eigenvalue weighted by atomic mass is 19.4. The summed E-state index contributed by atoms with van der Waals surface area (Å²) in [6.45, 7) is 0.214. The maximum absolute atomic E-state index is 12.1. The summed E-state index contributed by atoms with van der Waals surface area (Å²) in [6, 6.07) is 3.32. The third-order valence-electron chi connectivity index (χ3n) is 2.59. The topological polar surface area (TPSA) is 42.1 Å². The van der Waals surface area contributed by atoms with Gasteiger partial charge in [0.15, 0.2) is 0 Å². The van der Waals surface area contributed by atoms with Crippen LogP contribution in [0.25, 0.3) is 0 Å². The van der Waals surface area contributed by atoms with E-state index in [0.29, 0.717) is 0 Å². The second-order valence-corrected chi connectivity index (χ2v) is 3.88. The standard InChI is InChI=1S/C11H16F3N3/c1-17(7-4-11(12,13)14)10(8-15)9-2-5-16-6-3-9/h2-3,5-6,10H,4,7-8,15H2,1H3. The van der Waals surface area contributed by atoms with Gasteiger partial charge in [0, 0.05) is 31.5 Å². The number of aromatic nitrogens is 1. The first-order chi connectivity index (χ1) is 7.94. The molecule has 0 fully saturated rings. The van der Waals surface area contributed by atoms with E-state index in [9.17, 15) is 13.2 Å². The summed E-state index contributed by atoms with van der Waals surface area (Å²) in [5.74, 6) is 0. The lowest BCUT2D eigenvalue weighted by atomic mass is 10.1. The summed E-state index contributed by atoms with van der Waals surface area (Å²) in [6.07, 6.45) is -1.75. The van der Waals surface area contributed by atoms with Gasteiger partial charge in [0.25, 0.3) is 0 Å². The van der Waals surface area contributed by atoms with Gasteiger partial charge in [-0.05, 0) is 24.7 Å². The van der Waals surface area contributed by atoms with Gasteiger partial charge >= 0.3 is 6.18 Å². The molecule has 0 spiro atoms. The molecule has 0 amide bonds. The van der Waals surface area contributed by atoms with Gasteiger partial charge in [0.1, 0.15) is 0 Å². The van der Waals surface area contributed by atoms with Crippen molar-refractivity contribution in [1.82, 2.24) is 9.88 Å². The average molecular weight is 247 g/mol. The number of rotatable bonds is 5. The van der Waals surface area contributed by atoms with Crippen LogP contribution < -0.4 is 5.73 Å². The first-order valence-electron chi connectivity index (χ1n) is 5.31. The summed E-state index contributed by atoms with van der Waals surface area (Å²) in [5.41, 5.74) is 6.48. The van der Waals surface area contributed by atoms with Crippen LogP contribution in [0.2, 0.25) is 0 Å². The molecule has 0 aliphatic rings. The van der Waals surface area contributed by atoms with Gasteiger partial charge in [0.2, 0.25) is 0 Å². The van der Waals surface area contributed by atoms with Gasteiger partial charge in [-0.3, -0.25) is 9.88 Å². The maximum Gasteiger partial charge on any atom is 0.390 e. The molecule has 96 valence electrons. The number of halogens is 3. The molecule has 0 saturated heterocycles. The zero-order valence-electron chi connectivity index (χ0n) is 9.61. The molecule has 1 heterocycles. The number of likely N-dealkylation sites (N-methyl/N-ethyl adjacent to an activating group) is 1. The highest BCUT2D eigenvalue weighted by Crippen LogP contribution is 2.23. The van der Waals surface area contributed by atoms with E-state index in [1.54, 1.807) is 36.5 Å².